The van der Waals surface area contributed by atoms with Gasteiger partial charge < -0.3 is 4.74 Å². The van der Waals surface area contributed by atoms with Gasteiger partial charge in [0, 0.05) is 10.6 Å². The van der Waals surface area contributed by atoms with E-state index >= 15 is 0 Å². The van der Waals surface area contributed by atoms with Crippen LogP contribution in [0.4, 0.5) is 0 Å². The predicted molar refractivity (Wildman–Crippen MR) is 69.7 cm³/mol. The Kier molecular flexibility index (Phi) is 2.41. The molecule has 2 aromatic carbocycles. The van der Waals surface area contributed by atoms with Gasteiger partial charge in [0.05, 0.1) is 0 Å². The smallest absolute Gasteiger partial charge is 0.135 e. The van der Waals surface area contributed by atoms with Gasteiger partial charge in [0.25, 0.3) is 0 Å². The topological polar surface area (TPSA) is 9.23 Å². The van der Waals surface area contributed by atoms with E-state index in [2.05, 4.69) is 43.3 Å². The maximum absolute atomic E-state index is 5.93. The minimum absolute atomic E-state index is 0.226. The van der Waals surface area contributed by atoms with Crippen LogP contribution in [0, 0.1) is 0 Å². The zero-order valence-corrected chi connectivity index (χ0v) is 10.1. The molecule has 1 aliphatic rings. The standard InChI is InChI=1S/C14H13OP/c1-2-16-13-9-5-3-7-11(13)15-12-8-4-6-10-14(12)16/h3-10H,2H2,1H3. The number of fused-ring (bicyclic) bond motifs is 2. The van der Waals surface area contributed by atoms with Gasteiger partial charge in [-0.1, -0.05) is 43.3 Å². The highest BCUT2D eigenvalue weighted by molar-refractivity contribution is 7.73. The molecule has 0 spiro atoms. The molecule has 0 radical (unpaired) electrons. The van der Waals surface area contributed by atoms with Crippen LogP contribution in [0.3, 0.4) is 0 Å². The highest BCUT2D eigenvalue weighted by Crippen LogP contribution is 2.44. The molecule has 0 bridgehead atoms. The first kappa shape index (κ1) is 9.86. The lowest BCUT2D eigenvalue weighted by Crippen LogP contribution is -2.21. The fourth-order valence-electron chi connectivity index (χ4n) is 2.12. The molecule has 0 saturated carbocycles. The van der Waals surface area contributed by atoms with Crippen molar-refractivity contribution in [2.45, 2.75) is 6.92 Å². The molecule has 3 rings (SSSR count). The third-order valence-corrected chi connectivity index (χ3v) is 5.38. The molecule has 1 heterocycles. The van der Waals surface area contributed by atoms with Crippen LogP contribution in [0.25, 0.3) is 0 Å². The number of rotatable bonds is 1. The summed E-state index contributed by atoms with van der Waals surface area (Å²) in [6.45, 7) is 2.25. The van der Waals surface area contributed by atoms with Crippen LogP contribution in [0.15, 0.2) is 48.5 Å². The van der Waals surface area contributed by atoms with Crippen LogP contribution in [-0.4, -0.2) is 6.16 Å². The molecule has 1 aliphatic heterocycles. The maximum Gasteiger partial charge on any atom is 0.135 e. The number of ether oxygens (including phenoxy) is 1. The summed E-state index contributed by atoms with van der Waals surface area (Å²) in [6, 6.07) is 16.8. The quantitative estimate of drug-likeness (QED) is 0.681. The Morgan fingerprint density at radius 3 is 1.88 bits per heavy atom. The minimum atomic E-state index is -0.226. The summed E-state index contributed by atoms with van der Waals surface area (Å²) < 4.78 is 5.93. The summed E-state index contributed by atoms with van der Waals surface area (Å²) in [5, 5.41) is 2.75. The van der Waals surface area contributed by atoms with E-state index < -0.39 is 0 Å². The van der Waals surface area contributed by atoms with Crippen LogP contribution in [0.2, 0.25) is 0 Å². The first-order chi connectivity index (χ1) is 7.90. The molecule has 0 fully saturated rings. The average molecular weight is 228 g/mol. The first-order valence-electron chi connectivity index (χ1n) is 5.53. The molecule has 0 aromatic heterocycles. The van der Waals surface area contributed by atoms with Crippen molar-refractivity contribution in [3.8, 4) is 11.5 Å². The van der Waals surface area contributed by atoms with Gasteiger partial charge in [-0.15, -0.1) is 0 Å². The van der Waals surface area contributed by atoms with Crippen LogP contribution < -0.4 is 15.3 Å². The number of benzene rings is 2. The average Bonchev–Trinajstić information content (AvgIpc) is 2.36. The van der Waals surface area contributed by atoms with Crippen molar-refractivity contribution in [1.29, 1.82) is 0 Å². The van der Waals surface area contributed by atoms with Crippen molar-refractivity contribution in [3.05, 3.63) is 48.5 Å². The molecule has 2 heteroatoms. The van der Waals surface area contributed by atoms with Gasteiger partial charge in [-0.25, -0.2) is 0 Å². The second-order valence-electron chi connectivity index (χ2n) is 3.78. The summed E-state index contributed by atoms with van der Waals surface area (Å²) in [5.41, 5.74) is 0. The van der Waals surface area contributed by atoms with Gasteiger partial charge in [0.15, 0.2) is 0 Å². The molecule has 2 aromatic rings. The van der Waals surface area contributed by atoms with Gasteiger partial charge in [-0.3, -0.25) is 0 Å². The molecule has 0 aliphatic carbocycles. The molecule has 0 atom stereocenters. The summed E-state index contributed by atoms with van der Waals surface area (Å²) in [5.74, 6) is 2.07. The molecule has 0 saturated heterocycles. The molecular weight excluding hydrogens is 215 g/mol. The van der Waals surface area contributed by atoms with E-state index in [1.807, 2.05) is 12.1 Å². The normalized spacial score (nSPS) is 13.8. The Balaban J connectivity index is 2.19. The monoisotopic (exact) mass is 228 g/mol. The number of hydrogen-bond donors (Lipinski definition) is 0. The molecular formula is C14H13OP. The second-order valence-corrected chi connectivity index (χ2v) is 6.23. The molecule has 0 N–H and O–H groups in total. The Morgan fingerprint density at radius 2 is 1.38 bits per heavy atom. The van der Waals surface area contributed by atoms with Crippen molar-refractivity contribution in [1.82, 2.24) is 0 Å². The Morgan fingerprint density at radius 1 is 0.875 bits per heavy atom. The lowest BCUT2D eigenvalue weighted by molar-refractivity contribution is 0.488. The van der Waals surface area contributed by atoms with Crippen molar-refractivity contribution < 1.29 is 4.74 Å². The SMILES string of the molecule is CCP1c2ccccc2Oc2ccccc21. The molecule has 1 nitrogen and oxygen atoms in total. The number of para-hydroxylation sites is 2. The zero-order valence-electron chi connectivity index (χ0n) is 9.18. The lowest BCUT2D eigenvalue weighted by Gasteiger charge is -2.27. The van der Waals surface area contributed by atoms with E-state index in [-0.39, 0.29) is 7.92 Å². The molecule has 0 unspecified atom stereocenters. The molecule has 80 valence electrons. The van der Waals surface area contributed by atoms with E-state index in [0.717, 1.165) is 11.5 Å². The van der Waals surface area contributed by atoms with Crippen molar-refractivity contribution in [2.24, 2.45) is 0 Å². The van der Waals surface area contributed by atoms with E-state index in [1.54, 1.807) is 0 Å². The highest BCUT2D eigenvalue weighted by Gasteiger charge is 2.24. The lowest BCUT2D eigenvalue weighted by atomic mass is 10.3. The highest BCUT2D eigenvalue weighted by atomic mass is 31.1. The molecule has 0 amide bonds. The minimum Gasteiger partial charge on any atom is -0.456 e. The van der Waals surface area contributed by atoms with Crippen molar-refractivity contribution in [3.63, 3.8) is 0 Å². The van der Waals surface area contributed by atoms with E-state index in [0.29, 0.717) is 0 Å². The zero-order chi connectivity index (χ0) is 11.0. The van der Waals surface area contributed by atoms with Crippen LogP contribution in [-0.2, 0) is 0 Å². The van der Waals surface area contributed by atoms with Gasteiger partial charge in [-0.2, -0.15) is 0 Å². The molecule has 16 heavy (non-hydrogen) atoms. The maximum atomic E-state index is 5.93. The van der Waals surface area contributed by atoms with E-state index in [4.69, 9.17) is 4.74 Å². The van der Waals surface area contributed by atoms with Gasteiger partial charge in [0.2, 0.25) is 0 Å². The predicted octanol–water partition coefficient (Wildman–Crippen LogP) is 3.24. The van der Waals surface area contributed by atoms with Gasteiger partial charge in [-0.05, 0) is 26.2 Å². The fourth-order valence-corrected chi connectivity index (χ4v) is 4.37. The first-order valence-corrected chi connectivity index (χ1v) is 7.06. The van der Waals surface area contributed by atoms with Crippen molar-refractivity contribution in [2.75, 3.05) is 6.16 Å². The van der Waals surface area contributed by atoms with Crippen LogP contribution >= 0.6 is 7.92 Å². The summed E-state index contributed by atoms with van der Waals surface area (Å²) in [4.78, 5) is 0. The summed E-state index contributed by atoms with van der Waals surface area (Å²) >= 11 is 0. The van der Waals surface area contributed by atoms with Crippen LogP contribution in [0.1, 0.15) is 6.92 Å². The van der Waals surface area contributed by atoms with Gasteiger partial charge >= 0.3 is 0 Å². The second kappa shape index (κ2) is 3.92. The van der Waals surface area contributed by atoms with E-state index in [1.165, 1.54) is 16.8 Å². The van der Waals surface area contributed by atoms with Crippen molar-refractivity contribution >= 4 is 18.5 Å². The number of hydrogen-bond acceptors (Lipinski definition) is 1. The van der Waals surface area contributed by atoms with E-state index in [9.17, 15) is 0 Å². The fraction of sp³-hybridized carbons (Fsp3) is 0.143. The van der Waals surface area contributed by atoms with Crippen LogP contribution in [0.5, 0.6) is 11.5 Å². The Hall–Kier alpha value is -1.33. The Labute approximate surface area is 96.8 Å². The third-order valence-electron chi connectivity index (χ3n) is 2.85. The Bertz CT molecular complexity index is 476. The third kappa shape index (κ3) is 1.44. The largest absolute Gasteiger partial charge is 0.456 e. The summed E-state index contributed by atoms with van der Waals surface area (Å²) in [7, 11) is -0.226. The van der Waals surface area contributed by atoms with Gasteiger partial charge in [0.1, 0.15) is 11.5 Å². The summed E-state index contributed by atoms with van der Waals surface area (Å²) in [6.07, 6.45) is 1.17.